The Balaban J connectivity index is 2.57. The molecule has 18 heavy (non-hydrogen) atoms. The number of hydrogen-bond donors (Lipinski definition) is 0. The van der Waals surface area contributed by atoms with E-state index >= 15 is 0 Å². The third-order valence-corrected chi connectivity index (χ3v) is 3.51. The van der Waals surface area contributed by atoms with Crippen LogP contribution in [-0.4, -0.2) is 74.5 Å². The molecule has 1 saturated heterocycles. The summed E-state index contributed by atoms with van der Waals surface area (Å²) in [5.41, 5.74) is 0. The van der Waals surface area contributed by atoms with Crippen molar-refractivity contribution < 1.29 is 4.79 Å². The molecule has 1 fully saturated rings. The maximum atomic E-state index is 12.6. The molecule has 0 bridgehead atoms. The van der Waals surface area contributed by atoms with Crippen molar-refractivity contribution in [3.05, 3.63) is 0 Å². The van der Waals surface area contributed by atoms with E-state index in [9.17, 15) is 4.79 Å². The van der Waals surface area contributed by atoms with Crippen LogP contribution in [0.4, 0.5) is 0 Å². The second kappa shape index (κ2) is 7.10. The predicted octanol–water partition coefficient (Wildman–Crippen LogP) is 0.984. The molecule has 1 atom stereocenters. The van der Waals surface area contributed by atoms with E-state index in [1.54, 1.807) is 0 Å². The summed E-state index contributed by atoms with van der Waals surface area (Å²) in [5.74, 6) is 1.08. The van der Waals surface area contributed by atoms with Crippen LogP contribution in [0.3, 0.4) is 0 Å². The molecule has 0 aromatic carbocycles. The normalized spacial score (nSPS) is 19.6. The van der Waals surface area contributed by atoms with Gasteiger partial charge in [0, 0.05) is 32.7 Å². The number of hydrogen-bond acceptors (Lipinski definition) is 3. The van der Waals surface area contributed by atoms with Crippen molar-refractivity contribution in [1.82, 2.24) is 14.7 Å². The van der Waals surface area contributed by atoms with Gasteiger partial charge in [-0.25, -0.2) is 0 Å². The van der Waals surface area contributed by atoms with E-state index < -0.39 is 0 Å². The average molecular weight is 255 g/mol. The van der Waals surface area contributed by atoms with Gasteiger partial charge in [-0.1, -0.05) is 13.8 Å². The number of amides is 1. The number of likely N-dealkylation sites (N-methyl/N-ethyl adjacent to an activating group) is 1. The van der Waals surface area contributed by atoms with Gasteiger partial charge in [0.15, 0.2) is 0 Å². The first-order chi connectivity index (χ1) is 8.40. The van der Waals surface area contributed by atoms with Gasteiger partial charge in [0.1, 0.15) is 0 Å². The highest BCUT2D eigenvalue weighted by molar-refractivity contribution is 5.79. The van der Waals surface area contributed by atoms with Gasteiger partial charge in [-0.05, 0) is 33.5 Å². The van der Waals surface area contributed by atoms with Crippen LogP contribution in [0.5, 0.6) is 0 Å². The Morgan fingerprint density at radius 1 is 1.17 bits per heavy atom. The largest absolute Gasteiger partial charge is 0.340 e. The molecule has 0 N–H and O–H groups in total. The van der Waals surface area contributed by atoms with Gasteiger partial charge >= 0.3 is 0 Å². The fraction of sp³-hybridized carbons (Fsp3) is 0.929. The summed E-state index contributed by atoms with van der Waals surface area (Å²) in [6, 6.07) is 0. The molecule has 1 aliphatic rings. The Morgan fingerprint density at radius 2 is 1.72 bits per heavy atom. The summed E-state index contributed by atoms with van der Waals surface area (Å²) in [5, 5.41) is 0. The third kappa shape index (κ3) is 4.94. The van der Waals surface area contributed by atoms with Crippen molar-refractivity contribution in [3.63, 3.8) is 0 Å². The first-order valence-corrected chi connectivity index (χ1v) is 7.02. The molecule has 4 heteroatoms. The Hall–Kier alpha value is -0.610. The quantitative estimate of drug-likeness (QED) is 0.733. The van der Waals surface area contributed by atoms with Gasteiger partial charge < -0.3 is 14.7 Å². The van der Waals surface area contributed by atoms with E-state index in [0.29, 0.717) is 11.8 Å². The smallest absolute Gasteiger partial charge is 0.227 e. The monoisotopic (exact) mass is 255 g/mol. The molecule has 1 heterocycles. The highest BCUT2D eigenvalue weighted by Gasteiger charge is 2.27. The lowest BCUT2D eigenvalue weighted by Crippen LogP contribution is -2.50. The van der Waals surface area contributed by atoms with Gasteiger partial charge in [-0.2, -0.15) is 0 Å². The number of carbonyl (C=O) groups excluding carboxylic acids is 1. The van der Waals surface area contributed by atoms with Crippen molar-refractivity contribution in [2.45, 2.75) is 20.3 Å². The van der Waals surface area contributed by atoms with Crippen molar-refractivity contribution in [1.29, 1.82) is 0 Å². The van der Waals surface area contributed by atoms with E-state index in [1.165, 1.54) is 0 Å². The lowest BCUT2D eigenvalue weighted by Gasteiger charge is -2.35. The average Bonchev–Trinajstić information content (AvgIpc) is 2.27. The van der Waals surface area contributed by atoms with Crippen molar-refractivity contribution >= 4 is 5.91 Å². The maximum Gasteiger partial charge on any atom is 0.227 e. The van der Waals surface area contributed by atoms with Crippen molar-refractivity contribution in [3.8, 4) is 0 Å². The number of carbonyl (C=O) groups is 1. The second-order valence-electron chi connectivity index (χ2n) is 6.22. The molecule has 4 nitrogen and oxygen atoms in total. The van der Waals surface area contributed by atoms with E-state index in [-0.39, 0.29) is 5.92 Å². The Kier molecular flexibility index (Phi) is 6.09. The Labute approximate surface area is 112 Å². The zero-order valence-electron chi connectivity index (χ0n) is 12.6. The molecule has 0 aliphatic carbocycles. The SMILES string of the molecule is CC(C)CC(CN(C)C)C(=O)N1CCN(C)CC1. The van der Waals surface area contributed by atoms with Gasteiger partial charge in [0.2, 0.25) is 5.91 Å². The van der Waals surface area contributed by atoms with Crippen LogP contribution in [-0.2, 0) is 4.79 Å². The molecule has 0 radical (unpaired) electrons. The lowest BCUT2D eigenvalue weighted by molar-refractivity contribution is -0.138. The second-order valence-corrected chi connectivity index (χ2v) is 6.22. The maximum absolute atomic E-state index is 12.6. The molecule has 1 amide bonds. The zero-order valence-corrected chi connectivity index (χ0v) is 12.6. The van der Waals surface area contributed by atoms with Crippen LogP contribution in [0.1, 0.15) is 20.3 Å². The van der Waals surface area contributed by atoms with E-state index in [1.807, 2.05) is 14.1 Å². The molecular weight excluding hydrogens is 226 g/mol. The minimum Gasteiger partial charge on any atom is -0.340 e. The summed E-state index contributed by atoms with van der Waals surface area (Å²) >= 11 is 0. The molecule has 106 valence electrons. The molecule has 1 unspecified atom stereocenters. The first-order valence-electron chi connectivity index (χ1n) is 7.02. The topological polar surface area (TPSA) is 26.8 Å². The fourth-order valence-corrected chi connectivity index (χ4v) is 2.55. The van der Waals surface area contributed by atoms with E-state index in [2.05, 4.69) is 35.6 Å². The molecule has 0 saturated carbocycles. The molecular formula is C14H29N3O. The molecule has 1 rings (SSSR count). The zero-order chi connectivity index (χ0) is 13.7. The van der Waals surface area contributed by atoms with Gasteiger partial charge in [-0.3, -0.25) is 4.79 Å². The molecule has 1 aliphatic heterocycles. The van der Waals surface area contributed by atoms with Crippen LogP contribution in [0.25, 0.3) is 0 Å². The fourth-order valence-electron chi connectivity index (χ4n) is 2.55. The van der Waals surface area contributed by atoms with Crippen LogP contribution in [0.2, 0.25) is 0 Å². The summed E-state index contributed by atoms with van der Waals surface area (Å²) in [7, 11) is 6.21. The highest BCUT2D eigenvalue weighted by atomic mass is 16.2. The van der Waals surface area contributed by atoms with Gasteiger partial charge in [0.25, 0.3) is 0 Å². The number of nitrogens with zero attached hydrogens (tertiary/aromatic N) is 3. The summed E-state index contributed by atoms with van der Waals surface area (Å²) in [4.78, 5) is 19.0. The van der Waals surface area contributed by atoms with E-state index in [4.69, 9.17) is 0 Å². The predicted molar refractivity (Wildman–Crippen MR) is 75.6 cm³/mol. The molecule has 0 aromatic rings. The van der Waals surface area contributed by atoms with Crippen LogP contribution >= 0.6 is 0 Å². The Morgan fingerprint density at radius 3 is 2.17 bits per heavy atom. The highest BCUT2D eigenvalue weighted by Crippen LogP contribution is 2.16. The van der Waals surface area contributed by atoms with Crippen molar-refractivity contribution in [2.75, 3.05) is 53.9 Å². The standard InChI is InChI=1S/C14H29N3O/c1-12(2)10-13(11-15(3)4)14(18)17-8-6-16(5)7-9-17/h12-13H,6-11H2,1-5H3. The minimum atomic E-state index is 0.156. The van der Waals surface area contributed by atoms with Crippen LogP contribution in [0.15, 0.2) is 0 Å². The van der Waals surface area contributed by atoms with E-state index in [0.717, 1.165) is 39.1 Å². The molecule has 0 spiro atoms. The Bertz CT molecular complexity index is 248. The lowest BCUT2D eigenvalue weighted by atomic mass is 9.95. The van der Waals surface area contributed by atoms with Crippen LogP contribution < -0.4 is 0 Å². The van der Waals surface area contributed by atoms with Gasteiger partial charge in [-0.15, -0.1) is 0 Å². The summed E-state index contributed by atoms with van der Waals surface area (Å²) < 4.78 is 0. The number of rotatable bonds is 5. The summed E-state index contributed by atoms with van der Waals surface area (Å²) in [6.07, 6.45) is 0.989. The van der Waals surface area contributed by atoms with Gasteiger partial charge in [0.05, 0.1) is 5.92 Å². The molecule has 0 aromatic heterocycles. The minimum absolute atomic E-state index is 0.156. The summed E-state index contributed by atoms with van der Waals surface area (Å²) in [6.45, 7) is 9.03. The third-order valence-electron chi connectivity index (χ3n) is 3.51. The van der Waals surface area contributed by atoms with Crippen molar-refractivity contribution in [2.24, 2.45) is 11.8 Å². The van der Waals surface area contributed by atoms with Crippen LogP contribution in [0, 0.1) is 11.8 Å². The number of piperazine rings is 1. The first kappa shape index (κ1) is 15.4.